The summed E-state index contributed by atoms with van der Waals surface area (Å²) >= 11 is 0. The zero-order valence-electron chi connectivity index (χ0n) is 9.78. The van der Waals surface area contributed by atoms with Crippen LogP contribution in [0.15, 0.2) is 4.42 Å². The lowest BCUT2D eigenvalue weighted by molar-refractivity contribution is 0.139. The average molecular weight is 221 g/mol. The average Bonchev–Trinajstić information content (AvgIpc) is 2.74. The smallest absolute Gasteiger partial charge is 0.191 e. The first kappa shape index (κ1) is 10.3. The van der Waals surface area contributed by atoms with E-state index in [-0.39, 0.29) is 0 Å². The van der Waals surface area contributed by atoms with Crippen molar-refractivity contribution in [2.24, 2.45) is 5.73 Å². The molecule has 2 atom stereocenters. The molecular weight excluding hydrogens is 202 g/mol. The zero-order chi connectivity index (χ0) is 11.1. The van der Waals surface area contributed by atoms with Crippen LogP contribution in [-0.2, 0) is 13.1 Å². The highest BCUT2D eigenvalue weighted by molar-refractivity contribution is 5.15. The largest absolute Gasteiger partial charge is 0.444 e. The van der Waals surface area contributed by atoms with Crippen LogP contribution in [-0.4, -0.2) is 22.0 Å². The first-order valence-electron chi connectivity index (χ1n) is 6.17. The van der Waals surface area contributed by atoms with Gasteiger partial charge in [-0.25, -0.2) is 4.98 Å². The first-order valence-corrected chi connectivity index (χ1v) is 6.17. The number of nitrogens with two attached hydrogens (primary N) is 1. The highest BCUT2D eigenvalue weighted by Gasteiger charge is 2.32. The van der Waals surface area contributed by atoms with E-state index in [1.54, 1.807) is 0 Å². The Morgan fingerprint density at radius 2 is 2.25 bits per heavy atom. The minimum Gasteiger partial charge on any atom is -0.444 e. The molecule has 2 N–H and O–H groups in total. The lowest BCUT2D eigenvalue weighted by Gasteiger charge is -2.33. The Kier molecular flexibility index (Phi) is 2.48. The van der Waals surface area contributed by atoms with E-state index in [1.165, 1.54) is 19.3 Å². The van der Waals surface area contributed by atoms with Crippen molar-refractivity contribution in [2.75, 3.05) is 0 Å². The summed E-state index contributed by atoms with van der Waals surface area (Å²) in [5, 5.41) is 0. The molecule has 0 spiro atoms. The Labute approximate surface area is 95.8 Å². The van der Waals surface area contributed by atoms with Gasteiger partial charge in [0.25, 0.3) is 0 Å². The maximum Gasteiger partial charge on any atom is 0.191 e. The van der Waals surface area contributed by atoms with Crippen molar-refractivity contribution in [3.05, 3.63) is 17.3 Å². The van der Waals surface area contributed by atoms with Gasteiger partial charge in [0, 0.05) is 25.6 Å². The SMILES string of the molecule is Cc1nc2c(o1)CN(C1CCC[C@@H](N)C1)C2. The fraction of sp³-hybridized carbons (Fsp3) is 0.750. The molecule has 1 saturated carbocycles. The third-order valence-electron chi connectivity index (χ3n) is 3.79. The van der Waals surface area contributed by atoms with Crippen LogP contribution in [0, 0.1) is 6.92 Å². The van der Waals surface area contributed by atoms with Gasteiger partial charge in [0.2, 0.25) is 0 Å². The van der Waals surface area contributed by atoms with E-state index in [0.717, 1.165) is 36.9 Å². The molecule has 16 heavy (non-hydrogen) atoms. The van der Waals surface area contributed by atoms with Crippen LogP contribution >= 0.6 is 0 Å². The fourth-order valence-electron chi connectivity index (χ4n) is 2.98. The van der Waals surface area contributed by atoms with Crippen LogP contribution in [0.2, 0.25) is 0 Å². The number of fused-ring (bicyclic) bond motifs is 1. The molecule has 0 bridgehead atoms. The van der Waals surface area contributed by atoms with Gasteiger partial charge < -0.3 is 10.2 Å². The number of aryl methyl sites for hydroxylation is 1. The molecule has 0 radical (unpaired) electrons. The first-order chi connectivity index (χ1) is 7.72. The van der Waals surface area contributed by atoms with E-state index in [0.29, 0.717) is 12.1 Å². The third kappa shape index (κ3) is 1.76. The van der Waals surface area contributed by atoms with Gasteiger partial charge in [0.1, 0.15) is 5.76 Å². The molecule has 1 unspecified atom stereocenters. The Hall–Kier alpha value is -0.870. The molecule has 2 heterocycles. The number of hydrogen-bond acceptors (Lipinski definition) is 4. The van der Waals surface area contributed by atoms with Crippen molar-refractivity contribution in [3.63, 3.8) is 0 Å². The van der Waals surface area contributed by atoms with Crippen molar-refractivity contribution >= 4 is 0 Å². The maximum absolute atomic E-state index is 6.03. The predicted octanol–water partition coefficient (Wildman–Crippen LogP) is 1.57. The molecule has 1 aliphatic heterocycles. The van der Waals surface area contributed by atoms with E-state index in [9.17, 15) is 0 Å². The Bertz CT molecular complexity index is 364. The number of oxazole rings is 1. The summed E-state index contributed by atoms with van der Waals surface area (Å²) in [6, 6.07) is 1.02. The number of aromatic nitrogens is 1. The Morgan fingerprint density at radius 1 is 1.38 bits per heavy atom. The van der Waals surface area contributed by atoms with Crippen molar-refractivity contribution in [1.82, 2.24) is 9.88 Å². The normalized spacial score (nSPS) is 30.6. The molecular formula is C12H19N3O. The summed E-state index contributed by atoms with van der Waals surface area (Å²) in [5.74, 6) is 1.86. The van der Waals surface area contributed by atoms with Crippen LogP contribution < -0.4 is 5.73 Å². The van der Waals surface area contributed by atoms with Gasteiger partial charge in [0.05, 0.1) is 12.2 Å². The van der Waals surface area contributed by atoms with Crippen molar-refractivity contribution in [3.8, 4) is 0 Å². The highest BCUT2D eigenvalue weighted by Crippen LogP contribution is 2.30. The van der Waals surface area contributed by atoms with Crippen LogP contribution in [0.4, 0.5) is 0 Å². The van der Waals surface area contributed by atoms with Crippen molar-refractivity contribution in [2.45, 2.75) is 57.8 Å². The Balaban J connectivity index is 1.68. The standard InChI is InChI=1S/C12H19N3O/c1-8-14-11-6-15(7-12(11)16-8)10-4-2-3-9(13)5-10/h9-10H,2-7,13H2,1H3/t9-,10?/m1/s1. The van der Waals surface area contributed by atoms with E-state index < -0.39 is 0 Å². The van der Waals surface area contributed by atoms with Gasteiger partial charge in [-0.3, -0.25) is 4.90 Å². The zero-order valence-corrected chi connectivity index (χ0v) is 9.78. The van der Waals surface area contributed by atoms with Crippen molar-refractivity contribution < 1.29 is 4.42 Å². The maximum atomic E-state index is 6.03. The molecule has 2 aliphatic rings. The van der Waals surface area contributed by atoms with E-state index >= 15 is 0 Å². The summed E-state index contributed by atoms with van der Waals surface area (Å²) < 4.78 is 5.59. The predicted molar refractivity (Wildman–Crippen MR) is 60.7 cm³/mol. The second kappa shape index (κ2) is 3.86. The molecule has 1 aliphatic carbocycles. The second-order valence-electron chi connectivity index (χ2n) is 5.09. The van der Waals surface area contributed by atoms with E-state index in [1.807, 2.05) is 6.92 Å². The Morgan fingerprint density at radius 3 is 3.00 bits per heavy atom. The summed E-state index contributed by atoms with van der Waals surface area (Å²) in [4.78, 5) is 6.89. The fourth-order valence-corrected chi connectivity index (χ4v) is 2.98. The minimum absolute atomic E-state index is 0.389. The molecule has 4 heteroatoms. The summed E-state index contributed by atoms with van der Waals surface area (Å²) in [6.45, 7) is 3.79. The van der Waals surface area contributed by atoms with Gasteiger partial charge in [-0.2, -0.15) is 0 Å². The van der Waals surface area contributed by atoms with E-state index in [2.05, 4.69) is 9.88 Å². The summed E-state index contributed by atoms with van der Waals surface area (Å²) in [6.07, 6.45) is 4.85. The second-order valence-corrected chi connectivity index (χ2v) is 5.09. The third-order valence-corrected chi connectivity index (χ3v) is 3.79. The molecule has 1 fully saturated rings. The lowest BCUT2D eigenvalue weighted by atomic mass is 9.91. The van der Waals surface area contributed by atoms with Gasteiger partial charge >= 0.3 is 0 Å². The van der Waals surface area contributed by atoms with Gasteiger partial charge in [-0.1, -0.05) is 6.42 Å². The van der Waals surface area contributed by atoms with Gasteiger partial charge in [-0.05, 0) is 19.3 Å². The van der Waals surface area contributed by atoms with Crippen LogP contribution in [0.1, 0.15) is 43.0 Å². The lowest BCUT2D eigenvalue weighted by Crippen LogP contribution is -2.40. The molecule has 0 amide bonds. The van der Waals surface area contributed by atoms with E-state index in [4.69, 9.17) is 10.2 Å². The number of nitrogens with zero attached hydrogens (tertiary/aromatic N) is 2. The monoisotopic (exact) mass is 221 g/mol. The van der Waals surface area contributed by atoms with Gasteiger partial charge in [-0.15, -0.1) is 0 Å². The summed E-state index contributed by atoms with van der Waals surface area (Å²) in [7, 11) is 0. The van der Waals surface area contributed by atoms with Crippen LogP contribution in [0.5, 0.6) is 0 Å². The quantitative estimate of drug-likeness (QED) is 0.782. The molecule has 0 saturated heterocycles. The summed E-state index contributed by atoms with van der Waals surface area (Å²) in [5.41, 5.74) is 7.17. The van der Waals surface area contributed by atoms with Crippen LogP contribution in [0.3, 0.4) is 0 Å². The van der Waals surface area contributed by atoms with Crippen LogP contribution in [0.25, 0.3) is 0 Å². The van der Waals surface area contributed by atoms with Gasteiger partial charge in [0.15, 0.2) is 5.89 Å². The minimum atomic E-state index is 0.389. The number of rotatable bonds is 1. The molecule has 3 rings (SSSR count). The van der Waals surface area contributed by atoms with Crippen molar-refractivity contribution in [1.29, 1.82) is 0 Å². The molecule has 4 nitrogen and oxygen atoms in total. The molecule has 0 aromatic carbocycles. The molecule has 1 aromatic rings. The highest BCUT2D eigenvalue weighted by atomic mass is 16.4. The topological polar surface area (TPSA) is 55.3 Å². The molecule has 1 aromatic heterocycles. The number of hydrogen-bond donors (Lipinski definition) is 1. The molecule has 88 valence electrons.